The fraction of sp³-hybridized carbons (Fsp3) is 0.357. The highest BCUT2D eigenvalue weighted by molar-refractivity contribution is 7.88. The van der Waals surface area contributed by atoms with Gasteiger partial charge in [-0.15, -0.1) is 6.58 Å². The first-order chi connectivity index (χ1) is 9.34. The molecule has 6 heteroatoms. The van der Waals surface area contributed by atoms with Crippen LogP contribution in [0.1, 0.15) is 11.1 Å². The molecule has 1 rings (SSSR count). The van der Waals surface area contributed by atoms with Crippen molar-refractivity contribution < 1.29 is 13.2 Å². The van der Waals surface area contributed by atoms with Gasteiger partial charge >= 0.3 is 0 Å². The number of benzene rings is 1. The Labute approximate surface area is 120 Å². The summed E-state index contributed by atoms with van der Waals surface area (Å²) in [6, 6.07) is 7.50. The van der Waals surface area contributed by atoms with Gasteiger partial charge in [-0.05, 0) is 18.1 Å². The van der Waals surface area contributed by atoms with E-state index in [9.17, 15) is 13.2 Å². The molecular weight excluding hydrogens is 276 g/mol. The first-order valence-electron chi connectivity index (χ1n) is 6.22. The molecule has 0 heterocycles. The molecule has 0 unspecified atom stereocenters. The number of carbonyl (C=O) groups excluding carboxylic acids is 1. The molecule has 1 aromatic carbocycles. The second-order valence-corrected chi connectivity index (χ2v) is 6.53. The van der Waals surface area contributed by atoms with E-state index in [2.05, 4.69) is 11.9 Å². The normalized spacial score (nSPS) is 11.3. The molecule has 110 valence electrons. The lowest BCUT2D eigenvalue weighted by atomic mass is 10.1. The molecule has 1 amide bonds. The Hall–Kier alpha value is -1.66. The maximum absolute atomic E-state index is 11.8. The number of amides is 1. The van der Waals surface area contributed by atoms with Gasteiger partial charge in [-0.1, -0.05) is 30.3 Å². The Kier molecular flexibility index (Phi) is 5.91. The molecular formula is C14H20N2O3S. The van der Waals surface area contributed by atoms with Crippen LogP contribution in [0.2, 0.25) is 0 Å². The van der Waals surface area contributed by atoms with E-state index in [1.807, 2.05) is 31.2 Å². The summed E-state index contributed by atoms with van der Waals surface area (Å²) in [6.45, 7) is 5.72. The average molecular weight is 296 g/mol. The summed E-state index contributed by atoms with van der Waals surface area (Å²) in [7, 11) is -3.45. The van der Waals surface area contributed by atoms with Crippen LogP contribution in [0, 0.1) is 6.92 Å². The van der Waals surface area contributed by atoms with Crippen molar-refractivity contribution in [3.8, 4) is 0 Å². The summed E-state index contributed by atoms with van der Waals surface area (Å²) in [5.41, 5.74) is 1.88. The molecule has 0 fully saturated rings. The molecule has 0 aliphatic heterocycles. The van der Waals surface area contributed by atoms with E-state index in [-0.39, 0.29) is 19.0 Å². The zero-order valence-corrected chi connectivity index (χ0v) is 12.6. The Bertz CT molecular complexity index is 582. The van der Waals surface area contributed by atoms with Gasteiger partial charge in [-0.25, -0.2) is 8.42 Å². The van der Waals surface area contributed by atoms with Crippen LogP contribution in [-0.4, -0.2) is 38.0 Å². The van der Waals surface area contributed by atoms with Crippen molar-refractivity contribution in [2.75, 3.05) is 19.3 Å². The van der Waals surface area contributed by atoms with Gasteiger partial charge in [0, 0.05) is 13.1 Å². The van der Waals surface area contributed by atoms with Crippen molar-refractivity contribution in [2.45, 2.75) is 13.5 Å². The molecule has 0 atom stereocenters. The molecule has 0 aliphatic carbocycles. The van der Waals surface area contributed by atoms with Gasteiger partial charge in [0.15, 0.2) is 0 Å². The second kappa shape index (κ2) is 7.21. The molecule has 0 saturated carbocycles. The van der Waals surface area contributed by atoms with E-state index in [1.165, 1.54) is 0 Å². The quantitative estimate of drug-likeness (QED) is 0.765. The molecule has 1 aromatic rings. The minimum atomic E-state index is -3.45. The summed E-state index contributed by atoms with van der Waals surface area (Å²) in [5, 5.41) is 2.57. The van der Waals surface area contributed by atoms with Crippen molar-refractivity contribution in [1.82, 2.24) is 9.62 Å². The van der Waals surface area contributed by atoms with Gasteiger partial charge < -0.3 is 5.32 Å². The molecule has 0 aromatic heterocycles. The number of hydrogen-bond acceptors (Lipinski definition) is 3. The first kappa shape index (κ1) is 16.4. The van der Waals surface area contributed by atoms with E-state index < -0.39 is 10.0 Å². The van der Waals surface area contributed by atoms with Crippen molar-refractivity contribution in [2.24, 2.45) is 0 Å². The van der Waals surface area contributed by atoms with E-state index >= 15 is 0 Å². The standard InChI is InChI=1S/C14H20N2O3S/c1-4-9-15-14(17)11-16(20(3,18)19)10-13-8-6-5-7-12(13)2/h4-8H,1,9-11H2,2-3H3,(H,15,17). The van der Waals surface area contributed by atoms with Gasteiger partial charge in [0.2, 0.25) is 15.9 Å². The number of hydrogen-bond donors (Lipinski definition) is 1. The third-order valence-corrected chi connectivity index (χ3v) is 4.04. The maximum atomic E-state index is 11.8. The van der Waals surface area contributed by atoms with Gasteiger partial charge in [0.05, 0.1) is 12.8 Å². The Balaban J connectivity index is 2.84. The SMILES string of the molecule is C=CCNC(=O)CN(Cc1ccccc1C)S(C)(=O)=O. The Morgan fingerprint density at radius 2 is 2.05 bits per heavy atom. The van der Waals surface area contributed by atoms with Crippen LogP contribution in [0.4, 0.5) is 0 Å². The monoisotopic (exact) mass is 296 g/mol. The lowest BCUT2D eigenvalue weighted by Gasteiger charge is -2.20. The lowest BCUT2D eigenvalue weighted by molar-refractivity contribution is -0.121. The largest absolute Gasteiger partial charge is 0.351 e. The van der Waals surface area contributed by atoms with Crippen LogP contribution in [-0.2, 0) is 21.4 Å². The van der Waals surface area contributed by atoms with Crippen LogP contribution in [0.5, 0.6) is 0 Å². The predicted octanol–water partition coefficient (Wildman–Crippen LogP) is 1.06. The third-order valence-electron chi connectivity index (χ3n) is 2.84. The van der Waals surface area contributed by atoms with E-state index in [4.69, 9.17) is 0 Å². The predicted molar refractivity (Wildman–Crippen MR) is 79.6 cm³/mol. The molecule has 20 heavy (non-hydrogen) atoms. The number of rotatable bonds is 7. The van der Waals surface area contributed by atoms with Crippen LogP contribution < -0.4 is 5.32 Å². The third kappa shape index (κ3) is 5.14. The van der Waals surface area contributed by atoms with Gasteiger partial charge in [0.25, 0.3) is 0 Å². The van der Waals surface area contributed by atoms with E-state index in [0.717, 1.165) is 21.7 Å². The number of sulfonamides is 1. The van der Waals surface area contributed by atoms with Crippen LogP contribution in [0.3, 0.4) is 0 Å². The summed E-state index contributed by atoms with van der Waals surface area (Å²) in [6.07, 6.45) is 2.65. The zero-order valence-electron chi connectivity index (χ0n) is 11.8. The first-order valence-corrected chi connectivity index (χ1v) is 8.06. The minimum absolute atomic E-state index is 0.188. The van der Waals surface area contributed by atoms with Crippen molar-refractivity contribution in [1.29, 1.82) is 0 Å². The van der Waals surface area contributed by atoms with Crippen LogP contribution in [0.15, 0.2) is 36.9 Å². The highest BCUT2D eigenvalue weighted by atomic mass is 32.2. The molecule has 0 bridgehead atoms. The molecule has 5 nitrogen and oxygen atoms in total. The smallest absolute Gasteiger partial charge is 0.235 e. The minimum Gasteiger partial charge on any atom is -0.351 e. The van der Waals surface area contributed by atoms with Crippen molar-refractivity contribution in [3.63, 3.8) is 0 Å². The number of nitrogens with one attached hydrogen (secondary N) is 1. The van der Waals surface area contributed by atoms with E-state index in [0.29, 0.717) is 6.54 Å². The summed E-state index contributed by atoms with van der Waals surface area (Å²) in [4.78, 5) is 11.7. The van der Waals surface area contributed by atoms with Crippen LogP contribution in [0.25, 0.3) is 0 Å². The average Bonchev–Trinajstić information content (AvgIpc) is 2.37. The van der Waals surface area contributed by atoms with E-state index in [1.54, 1.807) is 6.08 Å². The maximum Gasteiger partial charge on any atom is 0.235 e. The molecule has 0 radical (unpaired) electrons. The topological polar surface area (TPSA) is 66.5 Å². The lowest BCUT2D eigenvalue weighted by Crippen LogP contribution is -2.40. The van der Waals surface area contributed by atoms with Crippen molar-refractivity contribution >= 4 is 15.9 Å². The Morgan fingerprint density at radius 3 is 2.60 bits per heavy atom. The van der Waals surface area contributed by atoms with Crippen molar-refractivity contribution in [3.05, 3.63) is 48.0 Å². The number of nitrogens with zero attached hydrogens (tertiary/aromatic N) is 1. The van der Waals surface area contributed by atoms with Gasteiger partial charge in [-0.3, -0.25) is 4.79 Å². The summed E-state index contributed by atoms with van der Waals surface area (Å²) in [5.74, 6) is -0.344. The van der Waals surface area contributed by atoms with Gasteiger partial charge in [0.1, 0.15) is 0 Å². The summed E-state index contributed by atoms with van der Waals surface area (Å²) >= 11 is 0. The Morgan fingerprint density at radius 1 is 1.40 bits per heavy atom. The summed E-state index contributed by atoms with van der Waals surface area (Å²) < 4.78 is 24.7. The fourth-order valence-corrected chi connectivity index (χ4v) is 2.40. The van der Waals surface area contributed by atoms with Gasteiger partial charge in [-0.2, -0.15) is 4.31 Å². The fourth-order valence-electron chi connectivity index (χ4n) is 1.67. The highest BCUT2D eigenvalue weighted by Gasteiger charge is 2.20. The molecule has 0 saturated heterocycles. The second-order valence-electron chi connectivity index (χ2n) is 4.55. The van der Waals surface area contributed by atoms with Crippen LogP contribution >= 0.6 is 0 Å². The number of carbonyl (C=O) groups is 1. The molecule has 1 N–H and O–H groups in total. The molecule has 0 spiro atoms. The molecule has 0 aliphatic rings. The zero-order chi connectivity index (χ0) is 15.2. The highest BCUT2D eigenvalue weighted by Crippen LogP contribution is 2.12. The number of aryl methyl sites for hydroxylation is 1.